The minimum absolute atomic E-state index is 0.132. The molecule has 4 nitrogen and oxygen atoms in total. The van der Waals surface area contributed by atoms with Gasteiger partial charge in [0.05, 0.1) is 18.9 Å². The summed E-state index contributed by atoms with van der Waals surface area (Å²) in [5.74, 6) is -0.926. The number of nitrogens with one attached hydrogen (secondary N) is 1. The number of ether oxygens (including phenoxy) is 1. The molecular weight excluding hydrogens is 389 g/mol. The fraction of sp³-hybridized carbons (Fsp3) is 0.579. The van der Waals surface area contributed by atoms with Crippen LogP contribution in [0.2, 0.25) is 0 Å². The molecule has 0 saturated heterocycles. The van der Waals surface area contributed by atoms with Crippen LogP contribution in [0.4, 0.5) is 4.39 Å². The number of hydrogen-bond donors (Lipinski definition) is 1. The van der Waals surface area contributed by atoms with Crippen molar-refractivity contribution < 1.29 is 18.7 Å². The summed E-state index contributed by atoms with van der Waals surface area (Å²) in [5, 5.41) is 2.86. The number of amides is 1. The molecule has 0 aliphatic heterocycles. The van der Waals surface area contributed by atoms with Gasteiger partial charge < -0.3 is 10.1 Å². The van der Waals surface area contributed by atoms with Crippen molar-refractivity contribution >= 4 is 27.8 Å². The maximum atomic E-state index is 14.0. The summed E-state index contributed by atoms with van der Waals surface area (Å²) in [5.41, 5.74) is 0.624. The molecule has 3 aliphatic carbocycles. The van der Waals surface area contributed by atoms with Crippen molar-refractivity contribution in [2.24, 2.45) is 29.1 Å². The van der Waals surface area contributed by atoms with E-state index < -0.39 is 0 Å². The minimum Gasteiger partial charge on any atom is -0.469 e. The summed E-state index contributed by atoms with van der Waals surface area (Å²) in [6, 6.07) is 4.79. The third-order valence-corrected chi connectivity index (χ3v) is 7.08. The fourth-order valence-corrected chi connectivity index (χ4v) is 5.76. The molecule has 0 aromatic heterocycles. The Morgan fingerprint density at radius 1 is 1.28 bits per heavy atom. The van der Waals surface area contributed by atoms with Gasteiger partial charge in [-0.25, -0.2) is 4.39 Å². The van der Waals surface area contributed by atoms with Gasteiger partial charge in [-0.1, -0.05) is 22.0 Å². The smallest absolute Gasteiger partial charge is 0.309 e. The zero-order chi connectivity index (χ0) is 17.8. The van der Waals surface area contributed by atoms with Gasteiger partial charge in [-0.05, 0) is 55.1 Å². The molecule has 134 valence electrons. The lowest BCUT2D eigenvalue weighted by atomic mass is 9.78. The van der Waals surface area contributed by atoms with Crippen LogP contribution in [-0.2, 0) is 20.9 Å². The minimum atomic E-state index is -0.356. The predicted molar refractivity (Wildman–Crippen MR) is 92.8 cm³/mol. The lowest BCUT2D eigenvalue weighted by molar-refractivity contribution is -0.152. The molecule has 6 heteroatoms. The Bertz CT molecular complexity index is 733. The molecule has 1 N–H and O–H groups in total. The molecule has 3 aliphatic rings. The molecule has 1 unspecified atom stereocenters. The predicted octanol–water partition coefficient (Wildman–Crippen LogP) is 3.43. The first kappa shape index (κ1) is 17.0. The van der Waals surface area contributed by atoms with E-state index in [4.69, 9.17) is 4.74 Å². The van der Waals surface area contributed by atoms with Gasteiger partial charge in [0.2, 0.25) is 5.91 Å². The van der Waals surface area contributed by atoms with Crippen molar-refractivity contribution in [2.45, 2.75) is 32.2 Å². The molecule has 0 heterocycles. The van der Waals surface area contributed by atoms with E-state index in [0.717, 1.165) is 25.7 Å². The van der Waals surface area contributed by atoms with E-state index in [1.807, 2.05) is 0 Å². The summed E-state index contributed by atoms with van der Waals surface area (Å²) < 4.78 is 19.6. The van der Waals surface area contributed by atoms with Gasteiger partial charge in [0, 0.05) is 16.6 Å². The van der Waals surface area contributed by atoms with Crippen molar-refractivity contribution in [3.8, 4) is 0 Å². The van der Waals surface area contributed by atoms with E-state index >= 15 is 0 Å². The van der Waals surface area contributed by atoms with Gasteiger partial charge in [-0.3, -0.25) is 9.59 Å². The number of halogens is 2. The molecule has 25 heavy (non-hydrogen) atoms. The monoisotopic (exact) mass is 409 g/mol. The third-order valence-electron chi connectivity index (χ3n) is 6.59. The number of hydrogen-bond acceptors (Lipinski definition) is 3. The molecule has 1 amide bonds. The van der Waals surface area contributed by atoms with Crippen molar-refractivity contribution in [3.05, 3.63) is 34.1 Å². The van der Waals surface area contributed by atoms with Crippen LogP contribution in [0.3, 0.4) is 0 Å². The quantitative estimate of drug-likeness (QED) is 0.774. The van der Waals surface area contributed by atoms with Crippen LogP contribution in [0.1, 0.15) is 31.2 Å². The Hall–Kier alpha value is -1.43. The molecule has 3 saturated carbocycles. The summed E-state index contributed by atoms with van der Waals surface area (Å²) in [7, 11) is 1.39. The van der Waals surface area contributed by atoms with Crippen LogP contribution in [0.25, 0.3) is 0 Å². The highest BCUT2D eigenvalue weighted by Gasteiger charge is 2.71. The van der Waals surface area contributed by atoms with Crippen LogP contribution < -0.4 is 5.32 Å². The van der Waals surface area contributed by atoms with E-state index in [0.29, 0.717) is 10.0 Å². The number of methoxy groups -OCH3 is 1. The van der Waals surface area contributed by atoms with Gasteiger partial charge in [0.15, 0.2) is 0 Å². The van der Waals surface area contributed by atoms with E-state index in [1.165, 1.54) is 13.2 Å². The summed E-state index contributed by atoms with van der Waals surface area (Å²) in [6.45, 7) is 0.132. The van der Waals surface area contributed by atoms with Crippen LogP contribution in [0.5, 0.6) is 0 Å². The normalized spacial score (nSPS) is 31.2. The van der Waals surface area contributed by atoms with E-state index in [1.54, 1.807) is 12.1 Å². The van der Waals surface area contributed by atoms with Gasteiger partial charge >= 0.3 is 5.97 Å². The van der Waals surface area contributed by atoms with Gasteiger partial charge in [0.25, 0.3) is 0 Å². The maximum Gasteiger partial charge on any atom is 0.309 e. The van der Waals surface area contributed by atoms with Crippen LogP contribution in [0.15, 0.2) is 22.7 Å². The lowest BCUT2D eigenvalue weighted by Crippen LogP contribution is -2.41. The largest absolute Gasteiger partial charge is 0.469 e. The van der Waals surface area contributed by atoms with Crippen LogP contribution in [-0.4, -0.2) is 19.0 Å². The Labute approximate surface area is 154 Å². The van der Waals surface area contributed by atoms with Gasteiger partial charge in [0.1, 0.15) is 5.82 Å². The zero-order valence-corrected chi connectivity index (χ0v) is 15.6. The van der Waals surface area contributed by atoms with Crippen LogP contribution >= 0.6 is 15.9 Å². The second-order valence-corrected chi connectivity index (χ2v) is 8.47. The highest BCUT2D eigenvalue weighted by Crippen LogP contribution is 2.74. The van der Waals surface area contributed by atoms with Gasteiger partial charge in [-0.15, -0.1) is 0 Å². The SMILES string of the molecule is COC(=O)[C@H]1C(C(=O)NCc2ccc(Br)cc2F)[C@@H]2CC[C@H]1C21CC1. The molecule has 4 atom stereocenters. The van der Waals surface area contributed by atoms with Crippen LogP contribution in [0, 0.1) is 34.9 Å². The van der Waals surface area contributed by atoms with Crippen molar-refractivity contribution in [3.63, 3.8) is 0 Å². The number of benzene rings is 1. The number of rotatable bonds is 4. The number of carbonyl (C=O) groups is 2. The zero-order valence-electron chi connectivity index (χ0n) is 14.1. The average molecular weight is 410 g/mol. The summed E-state index contributed by atoms with van der Waals surface area (Å²) in [4.78, 5) is 25.2. The maximum absolute atomic E-state index is 14.0. The molecule has 1 aromatic rings. The van der Waals surface area contributed by atoms with Gasteiger partial charge in [-0.2, -0.15) is 0 Å². The summed E-state index contributed by atoms with van der Waals surface area (Å²) in [6.07, 6.45) is 4.24. The average Bonchev–Trinajstić information content (AvgIpc) is 3.26. The van der Waals surface area contributed by atoms with Crippen molar-refractivity contribution in [1.82, 2.24) is 5.32 Å². The fourth-order valence-electron chi connectivity index (χ4n) is 5.43. The van der Waals surface area contributed by atoms with E-state index in [9.17, 15) is 14.0 Å². The Morgan fingerprint density at radius 3 is 2.56 bits per heavy atom. The topological polar surface area (TPSA) is 55.4 Å². The number of carbonyl (C=O) groups excluding carboxylic acids is 2. The third kappa shape index (κ3) is 2.60. The molecular formula is C19H21BrFNO3. The second kappa shape index (κ2) is 6.08. The highest BCUT2D eigenvalue weighted by molar-refractivity contribution is 9.10. The van der Waals surface area contributed by atoms with Crippen molar-refractivity contribution in [2.75, 3.05) is 7.11 Å². The summed E-state index contributed by atoms with van der Waals surface area (Å²) >= 11 is 3.22. The Kier molecular flexibility index (Phi) is 4.13. The lowest BCUT2D eigenvalue weighted by Gasteiger charge is -2.28. The van der Waals surface area contributed by atoms with Crippen molar-refractivity contribution in [1.29, 1.82) is 0 Å². The first-order valence-electron chi connectivity index (χ1n) is 8.77. The van der Waals surface area contributed by atoms with E-state index in [2.05, 4.69) is 21.2 Å². The first-order valence-corrected chi connectivity index (χ1v) is 9.57. The standard InChI is InChI=1S/C19H21BrFNO3/c1-25-18(24)16-13-5-4-12(19(13)6-7-19)15(16)17(23)22-9-10-2-3-11(20)8-14(10)21/h2-3,8,12-13,15-16H,4-7,9H2,1H3,(H,22,23)/t12-,13+,15?,16+/m0/s1. The van der Waals surface area contributed by atoms with E-state index in [-0.39, 0.29) is 53.3 Å². The molecule has 4 rings (SSSR count). The second-order valence-electron chi connectivity index (χ2n) is 7.55. The molecule has 1 aromatic carbocycles. The molecule has 0 radical (unpaired) electrons. The highest BCUT2D eigenvalue weighted by atomic mass is 79.9. The molecule has 1 spiro atoms. The Morgan fingerprint density at radius 2 is 1.96 bits per heavy atom. The molecule has 3 fully saturated rings. The first-order chi connectivity index (χ1) is 12.0. The number of esters is 1. The Balaban J connectivity index is 1.51. The molecule has 2 bridgehead atoms.